The summed E-state index contributed by atoms with van der Waals surface area (Å²) in [5.41, 5.74) is 1.76. The summed E-state index contributed by atoms with van der Waals surface area (Å²) in [5.74, 6) is 1.08. The Kier molecular flexibility index (Phi) is 2.51. The van der Waals surface area contributed by atoms with E-state index in [2.05, 4.69) is 25.7 Å². The second kappa shape index (κ2) is 3.82. The van der Waals surface area contributed by atoms with Gasteiger partial charge >= 0.3 is 0 Å². The molecule has 2 rings (SSSR count). The quantitative estimate of drug-likeness (QED) is 0.786. The van der Waals surface area contributed by atoms with E-state index in [-0.39, 0.29) is 6.04 Å². The first kappa shape index (κ1) is 9.85. The smallest absolute Gasteiger partial charge is 0.251 e. The lowest BCUT2D eigenvalue weighted by atomic mass is 10.3. The van der Waals surface area contributed by atoms with Gasteiger partial charge in [-0.1, -0.05) is 0 Å². The monoisotopic (exact) mass is 207 g/mol. The van der Waals surface area contributed by atoms with Gasteiger partial charge < -0.3 is 9.73 Å². The van der Waals surface area contributed by atoms with Gasteiger partial charge in [0.05, 0.1) is 17.8 Å². The van der Waals surface area contributed by atoms with Crippen LogP contribution in [0.5, 0.6) is 0 Å². The lowest BCUT2D eigenvalue weighted by Crippen LogP contribution is -2.12. The van der Waals surface area contributed by atoms with E-state index < -0.39 is 0 Å². The van der Waals surface area contributed by atoms with Gasteiger partial charge in [-0.3, -0.25) is 5.10 Å². The molecule has 2 N–H and O–H groups in total. The zero-order chi connectivity index (χ0) is 10.8. The van der Waals surface area contributed by atoms with E-state index in [1.807, 2.05) is 20.9 Å². The highest BCUT2D eigenvalue weighted by Gasteiger charge is 2.15. The van der Waals surface area contributed by atoms with Gasteiger partial charge in [0.25, 0.3) is 5.89 Å². The molecule has 0 aliphatic carbocycles. The predicted octanol–water partition coefficient (Wildman–Crippen LogP) is 1.05. The molecule has 0 saturated carbocycles. The molecule has 6 heteroatoms. The standard InChI is InChI=1S/C9H13N5O/c1-5-7(4-11-12-5)9-14-13-8(15-9)6(2)10-3/h4,6,10H,1-3H3,(H,11,12). The van der Waals surface area contributed by atoms with Crippen LogP contribution in [0.25, 0.3) is 11.5 Å². The molecular formula is C9H13N5O. The van der Waals surface area contributed by atoms with Crippen LogP contribution in [0.15, 0.2) is 10.6 Å². The third-order valence-corrected chi connectivity index (χ3v) is 2.30. The fourth-order valence-electron chi connectivity index (χ4n) is 1.21. The lowest BCUT2D eigenvalue weighted by molar-refractivity contribution is 0.441. The van der Waals surface area contributed by atoms with Crippen LogP contribution in [-0.2, 0) is 0 Å². The minimum Gasteiger partial charge on any atom is -0.419 e. The van der Waals surface area contributed by atoms with Gasteiger partial charge in [-0.25, -0.2) is 0 Å². The molecule has 6 nitrogen and oxygen atoms in total. The summed E-state index contributed by atoms with van der Waals surface area (Å²) in [6, 6.07) is 0.0541. The molecule has 0 fully saturated rings. The Hall–Kier alpha value is -1.69. The van der Waals surface area contributed by atoms with Gasteiger partial charge in [0.15, 0.2) is 0 Å². The zero-order valence-electron chi connectivity index (χ0n) is 8.90. The highest BCUT2D eigenvalue weighted by atomic mass is 16.4. The van der Waals surface area contributed by atoms with Gasteiger partial charge in [0.1, 0.15) is 0 Å². The number of hydrogen-bond acceptors (Lipinski definition) is 5. The first-order valence-electron chi connectivity index (χ1n) is 4.73. The van der Waals surface area contributed by atoms with Crippen molar-refractivity contribution in [1.29, 1.82) is 0 Å². The third-order valence-electron chi connectivity index (χ3n) is 2.30. The topological polar surface area (TPSA) is 79.6 Å². The van der Waals surface area contributed by atoms with Gasteiger partial charge in [-0.05, 0) is 20.9 Å². The van der Waals surface area contributed by atoms with E-state index in [9.17, 15) is 0 Å². The van der Waals surface area contributed by atoms with Crippen LogP contribution in [-0.4, -0.2) is 27.4 Å². The SMILES string of the molecule is CNC(C)c1nnc(-c2cn[nH]c2C)o1. The molecule has 2 aromatic heterocycles. The van der Waals surface area contributed by atoms with E-state index in [4.69, 9.17) is 4.42 Å². The van der Waals surface area contributed by atoms with Crippen molar-refractivity contribution >= 4 is 0 Å². The average Bonchev–Trinajstić information content (AvgIpc) is 2.84. The highest BCUT2D eigenvalue weighted by molar-refractivity contribution is 5.53. The van der Waals surface area contributed by atoms with Crippen molar-refractivity contribution < 1.29 is 4.42 Å². The number of H-pyrrole nitrogens is 1. The predicted molar refractivity (Wildman–Crippen MR) is 54.1 cm³/mol. The average molecular weight is 207 g/mol. The summed E-state index contributed by atoms with van der Waals surface area (Å²) in [6.07, 6.45) is 1.68. The van der Waals surface area contributed by atoms with Crippen molar-refractivity contribution in [1.82, 2.24) is 25.7 Å². The Morgan fingerprint density at radius 1 is 1.47 bits per heavy atom. The van der Waals surface area contributed by atoms with Crippen molar-refractivity contribution in [3.8, 4) is 11.5 Å². The minimum absolute atomic E-state index is 0.0541. The van der Waals surface area contributed by atoms with E-state index in [1.54, 1.807) is 6.20 Å². The molecule has 0 bridgehead atoms. The van der Waals surface area contributed by atoms with E-state index in [0.29, 0.717) is 11.8 Å². The lowest BCUT2D eigenvalue weighted by Gasteiger charge is -2.01. The first-order chi connectivity index (χ1) is 7.22. The maximum Gasteiger partial charge on any atom is 0.251 e. The van der Waals surface area contributed by atoms with Crippen molar-refractivity contribution in [2.75, 3.05) is 7.05 Å². The second-order valence-corrected chi connectivity index (χ2v) is 3.36. The molecule has 0 spiro atoms. The number of rotatable bonds is 3. The molecule has 0 aliphatic rings. The Labute approximate surface area is 87.1 Å². The molecular weight excluding hydrogens is 194 g/mol. The summed E-state index contributed by atoms with van der Waals surface area (Å²) in [7, 11) is 1.84. The molecule has 80 valence electrons. The molecule has 0 amide bonds. The van der Waals surface area contributed by atoms with Crippen LogP contribution in [0.3, 0.4) is 0 Å². The maximum absolute atomic E-state index is 5.52. The molecule has 1 unspecified atom stereocenters. The number of aromatic nitrogens is 4. The summed E-state index contributed by atoms with van der Waals surface area (Å²) >= 11 is 0. The largest absolute Gasteiger partial charge is 0.419 e. The Bertz CT molecular complexity index is 447. The first-order valence-corrected chi connectivity index (χ1v) is 4.73. The van der Waals surface area contributed by atoms with Gasteiger partial charge in [0.2, 0.25) is 5.89 Å². The normalized spacial score (nSPS) is 13.0. The molecule has 1 atom stereocenters. The van der Waals surface area contributed by atoms with E-state index >= 15 is 0 Å². The molecule has 2 aromatic rings. The van der Waals surface area contributed by atoms with Crippen LogP contribution < -0.4 is 5.32 Å². The van der Waals surface area contributed by atoms with Crippen LogP contribution in [0, 0.1) is 6.92 Å². The van der Waals surface area contributed by atoms with Gasteiger partial charge in [0, 0.05) is 5.69 Å². The number of nitrogens with zero attached hydrogens (tertiary/aromatic N) is 3. The summed E-state index contributed by atoms with van der Waals surface area (Å²) in [6.45, 7) is 3.87. The molecule has 0 aromatic carbocycles. The minimum atomic E-state index is 0.0541. The summed E-state index contributed by atoms with van der Waals surface area (Å²) < 4.78 is 5.52. The molecule has 15 heavy (non-hydrogen) atoms. The summed E-state index contributed by atoms with van der Waals surface area (Å²) in [5, 5.41) is 17.7. The Morgan fingerprint density at radius 3 is 2.87 bits per heavy atom. The Balaban J connectivity index is 2.32. The molecule has 2 heterocycles. The third kappa shape index (κ3) is 1.75. The Morgan fingerprint density at radius 2 is 2.27 bits per heavy atom. The second-order valence-electron chi connectivity index (χ2n) is 3.36. The number of nitrogens with one attached hydrogen (secondary N) is 2. The van der Waals surface area contributed by atoms with Crippen molar-refractivity contribution in [2.45, 2.75) is 19.9 Å². The van der Waals surface area contributed by atoms with Crippen LogP contribution >= 0.6 is 0 Å². The van der Waals surface area contributed by atoms with Crippen LogP contribution in [0.1, 0.15) is 24.6 Å². The highest BCUT2D eigenvalue weighted by Crippen LogP contribution is 2.21. The van der Waals surface area contributed by atoms with Crippen LogP contribution in [0.2, 0.25) is 0 Å². The number of aromatic amines is 1. The van der Waals surface area contributed by atoms with Gasteiger partial charge in [-0.2, -0.15) is 5.10 Å². The van der Waals surface area contributed by atoms with Gasteiger partial charge in [-0.15, -0.1) is 10.2 Å². The van der Waals surface area contributed by atoms with Crippen molar-refractivity contribution in [3.63, 3.8) is 0 Å². The van der Waals surface area contributed by atoms with Crippen molar-refractivity contribution in [3.05, 3.63) is 17.8 Å². The van der Waals surface area contributed by atoms with E-state index in [1.165, 1.54) is 0 Å². The zero-order valence-corrected chi connectivity index (χ0v) is 8.90. The number of aryl methyl sites for hydroxylation is 1. The fraction of sp³-hybridized carbons (Fsp3) is 0.444. The molecule has 0 aliphatic heterocycles. The fourth-order valence-corrected chi connectivity index (χ4v) is 1.21. The van der Waals surface area contributed by atoms with E-state index in [0.717, 1.165) is 11.3 Å². The molecule has 0 radical (unpaired) electrons. The number of hydrogen-bond donors (Lipinski definition) is 2. The summed E-state index contributed by atoms with van der Waals surface area (Å²) in [4.78, 5) is 0. The van der Waals surface area contributed by atoms with Crippen LogP contribution in [0.4, 0.5) is 0 Å². The molecule has 0 saturated heterocycles. The maximum atomic E-state index is 5.52. The van der Waals surface area contributed by atoms with Crippen molar-refractivity contribution in [2.24, 2.45) is 0 Å².